The van der Waals surface area contributed by atoms with Crippen LogP contribution < -0.4 is 10.1 Å². The Morgan fingerprint density at radius 2 is 1.89 bits per heavy atom. The minimum absolute atomic E-state index is 0.328. The van der Waals surface area contributed by atoms with Crippen molar-refractivity contribution in [1.82, 2.24) is 0 Å². The van der Waals surface area contributed by atoms with Gasteiger partial charge in [-0.25, -0.2) is 4.39 Å². The Balaban J connectivity index is 1.88. The van der Waals surface area contributed by atoms with Gasteiger partial charge >= 0.3 is 0 Å². The summed E-state index contributed by atoms with van der Waals surface area (Å²) < 4.78 is 18.0. The standard InChI is InChI=1S/C15H15ClFNO/c1-19-13-5-2-11(3-6-13)8-9-18-15-7-4-12(17)10-14(15)16/h2-7,10,18H,8-9H2,1H3. The summed E-state index contributed by atoms with van der Waals surface area (Å²) in [5.74, 6) is 0.518. The second-order valence-electron chi connectivity index (χ2n) is 4.15. The van der Waals surface area contributed by atoms with Crippen molar-refractivity contribution in [2.45, 2.75) is 6.42 Å². The lowest BCUT2D eigenvalue weighted by Crippen LogP contribution is -2.05. The van der Waals surface area contributed by atoms with Gasteiger partial charge in [-0.2, -0.15) is 0 Å². The van der Waals surface area contributed by atoms with Crippen molar-refractivity contribution in [1.29, 1.82) is 0 Å². The van der Waals surface area contributed by atoms with Crippen LogP contribution in [0.15, 0.2) is 42.5 Å². The van der Waals surface area contributed by atoms with Crippen molar-refractivity contribution in [2.24, 2.45) is 0 Å². The Kier molecular flexibility index (Phi) is 4.63. The third kappa shape index (κ3) is 3.86. The molecular weight excluding hydrogens is 265 g/mol. The molecular formula is C15H15ClFNO. The molecule has 19 heavy (non-hydrogen) atoms. The molecule has 0 aliphatic carbocycles. The molecule has 0 heterocycles. The van der Waals surface area contributed by atoms with Gasteiger partial charge in [0.1, 0.15) is 11.6 Å². The number of halogens is 2. The maximum absolute atomic E-state index is 12.9. The maximum atomic E-state index is 12.9. The van der Waals surface area contributed by atoms with E-state index in [1.165, 1.54) is 17.7 Å². The van der Waals surface area contributed by atoms with Gasteiger partial charge in [0.05, 0.1) is 17.8 Å². The Morgan fingerprint density at radius 3 is 2.53 bits per heavy atom. The molecule has 0 spiro atoms. The van der Waals surface area contributed by atoms with E-state index in [0.717, 1.165) is 24.4 Å². The van der Waals surface area contributed by atoms with Gasteiger partial charge in [0.25, 0.3) is 0 Å². The number of hydrogen-bond acceptors (Lipinski definition) is 2. The van der Waals surface area contributed by atoms with Crippen molar-refractivity contribution in [3.63, 3.8) is 0 Å². The van der Waals surface area contributed by atoms with E-state index in [4.69, 9.17) is 16.3 Å². The summed E-state index contributed by atoms with van der Waals surface area (Å²) in [5.41, 5.74) is 1.95. The number of nitrogens with one attached hydrogen (secondary N) is 1. The molecule has 0 radical (unpaired) electrons. The lowest BCUT2D eigenvalue weighted by molar-refractivity contribution is 0.414. The van der Waals surface area contributed by atoms with Crippen molar-refractivity contribution in [2.75, 3.05) is 19.0 Å². The van der Waals surface area contributed by atoms with Crippen LogP contribution in [0, 0.1) is 5.82 Å². The highest BCUT2D eigenvalue weighted by atomic mass is 35.5. The van der Waals surface area contributed by atoms with E-state index in [0.29, 0.717) is 5.02 Å². The average Bonchev–Trinajstić information content (AvgIpc) is 2.42. The Morgan fingerprint density at radius 1 is 1.16 bits per heavy atom. The molecule has 2 rings (SSSR count). The first kappa shape index (κ1) is 13.7. The van der Waals surface area contributed by atoms with Gasteiger partial charge in [-0.1, -0.05) is 23.7 Å². The second kappa shape index (κ2) is 6.43. The van der Waals surface area contributed by atoms with E-state index in [2.05, 4.69) is 5.32 Å². The quantitative estimate of drug-likeness (QED) is 0.888. The third-order valence-electron chi connectivity index (χ3n) is 2.82. The van der Waals surface area contributed by atoms with Crippen LogP contribution in [-0.2, 0) is 6.42 Å². The monoisotopic (exact) mass is 279 g/mol. The van der Waals surface area contributed by atoms with E-state index >= 15 is 0 Å². The van der Waals surface area contributed by atoms with E-state index in [1.54, 1.807) is 13.2 Å². The van der Waals surface area contributed by atoms with Crippen molar-refractivity contribution in [3.8, 4) is 5.75 Å². The lowest BCUT2D eigenvalue weighted by atomic mass is 10.1. The van der Waals surface area contributed by atoms with Gasteiger partial charge in [0, 0.05) is 6.54 Å². The summed E-state index contributed by atoms with van der Waals surface area (Å²) in [6.07, 6.45) is 0.859. The molecule has 0 unspecified atom stereocenters. The Hall–Kier alpha value is -1.74. The molecule has 0 bridgehead atoms. The highest BCUT2D eigenvalue weighted by Crippen LogP contribution is 2.22. The molecule has 0 aliphatic rings. The van der Waals surface area contributed by atoms with Gasteiger partial charge in [0.15, 0.2) is 0 Å². The van der Waals surface area contributed by atoms with Crippen molar-refractivity contribution in [3.05, 3.63) is 58.9 Å². The van der Waals surface area contributed by atoms with Gasteiger partial charge in [-0.15, -0.1) is 0 Å². The van der Waals surface area contributed by atoms with Crippen LogP contribution in [0.2, 0.25) is 5.02 Å². The molecule has 2 aromatic rings. The minimum Gasteiger partial charge on any atom is -0.497 e. The number of hydrogen-bond donors (Lipinski definition) is 1. The van der Waals surface area contributed by atoms with Crippen LogP contribution in [0.3, 0.4) is 0 Å². The summed E-state index contributed by atoms with van der Waals surface area (Å²) >= 11 is 5.93. The largest absolute Gasteiger partial charge is 0.497 e. The summed E-state index contributed by atoms with van der Waals surface area (Å²) in [4.78, 5) is 0. The first-order valence-corrected chi connectivity index (χ1v) is 6.38. The first-order valence-electron chi connectivity index (χ1n) is 6.01. The number of rotatable bonds is 5. The van der Waals surface area contributed by atoms with Crippen LogP contribution >= 0.6 is 11.6 Å². The fourth-order valence-corrected chi connectivity index (χ4v) is 2.00. The zero-order valence-electron chi connectivity index (χ0n) is 10.6. The van der Waals surface area contributed by atoms with Crippen LogP contribution in [0.5, 0.6) is 5.75 Å². The fraction of sp³-hybridized carbons (Fsp3) is 0.200. The average molecular weight is 280 g/mol. The molecule has 1 N–H and O–H groups in total. The van der Waals surface area contributed by atoms with Crippen LogP contribution in [0.1, 0.15) is 5.56 Å². The Labute approximate surface area is 117 Å². The number of methoxy groups -OCH3 is 1. The first-order chi connectivity index (χ1) is 9.19. The predicted octanol–water partition coefficient (Wildman–Crippen LogP) is 4.14. The second-order valence-corrected chi connectivity index (χ2v) is 4.56. The molecule has 0 amide bonds. The van der Waals surface area contributed by atoms with E-state index < -0.39 is 0 Å². The lowest BCUT2D eigenvalue weighted by Gasteiger charge is -2.08. The number of benzene rings is 2. The SMILES string of the molecule is COc1ccc(CCNc2ccc(F)cc2Cl)cc1. The van der Waals surface area contributed by atoms with Crippen LogP contribution in [0.25, 0.3) is 0 Å². The third-order valence-corrected chi connectivity index (χ3v) is 3.13. The van der Waals surface area contributed by atoms with Crippen molar-refractivity contribution < 1.29 is 9.13 Å². The van der Waals surface area contributed by atoms with Gasteiger partial charge in [-0.3, -0.25) is 0 Å². The molecule has 0 atom stereocenters. The highest BCUT2D eigenvalue weighted by molar-refractivity contribution is 6.33. The maximum Gasteiger partial charge on any atom is 0.124 e. The summed E-state index contributed by atoms with van der Waals surface area (Å²) in [6.45, 7) is 0.734. The smallest absolute Gasteiger partial charge is 0.124 e. The van der Waals surface area contributed by atoms with Crippen molar-refractivity contribution >= 4 is 17.3 Å². The topological polar surface area (TPSA) is 21.3 Å². The zero-order chi connectivity index (χ0) is 13.7. The minimum atomic E-state index is -0.328. The molecule has 2 aromatic carbocycles. The molecule has 2 nitrogen and oxygen atoms in total. The molecule has 0 saturated carbocycles. The van der Waals surface area contributed by atoms with Gasteiger partial charge < -0.3 is 10.1 Å². The number of anilines is 1. The zero-order valence-corrected chi connectivity index (χ0v) is 11.4. The molecule has 0 fully saturated rings. The summed E-state index contributed by atoms with van der Waals surface area (Å²) in [6, 6.07) is 12.2. The molecule has 100 valence electrons. The van der Waals surface area contributed by atoms with Crippen LogP contribution in [-0.4, -0.2) is 13.7 Å². The normalized spacial score (nSPS) is 10.3. The summed E-state index contributed by atoms with van der Waals surface area (Å²) in [7, 11) is 1.65. The predicted molar refractivity (Wildman–Crippen MR) is 76.6 cm³/mol. The molecule has 0 aliphatic heterocycles. The van der Waals surface area contributed by atoms with E-state index in [9.17, 15) is 4.39 Å². The molecule has 0 aromatic heterocycles. The number of ether oxygens (including phenoxy) is 1. The van der Waals surface area contributed by atoms with E-state index in [-0.39, 0.29) is 5.82 Å². The molecule has 4 heteroatoms. The fourth-order valence-electron chi connectivity index (χ4n) is 1.77. The summed E-state index contributed by atoms with van der Waals surface area (Å²) in [5, 5.41) is 3.59. The van der Waals surface area contributed by atoms with Crippen LogP contribution in [0.4, 0.5) is 10.1 Å². The van der Waals surface area contributed by atoms with Gasteiger partial charge in [0.2, 0.25) is 0 Å². The van der Waals surface area contributed by atoms with Gasteiger partial charge in [-0.05, 0) is 42.3 Å². The highest BCUT2D eigenvalue weighted by Gasteiger charge is 2.01. The molecule has 0 saturated heterocycles. The Bertz CT molecular complexity index is 542. The van der Waals surface area contributed by atoms with E-state index in [1.807, 2.05) is 24.3 Å².